The molecule has 2 aromatic rings. The number of aromatic nitrogens is 4. The van der Waals surface area contributed by atoms with Gasteiger partial charge in [0.15, 0.2) is 0 Å². The largest absolute Gasteiger partial charge is 0.368 e. The Kier molecular flexibility index (Phi) is 4.18. The van der Waals surface area contributed by atoms with Crippen molar-refractivity contribution in [3.05, 3.63) is 24.0 Å². The molecule has 1 fully saturated rings. The molecule has 1 aliphatic heterocycles. The van der Waals surface area contributed by atoms with Crippen LogP contribution in [0.4, 0.5) is 5.13 Å². The first-order valence-corrected chi connectivity index (χ1v) is 8.42. The van der Waals surface area contributed by atoms with Crippen LogP contribution in [0.5, 0.6) is 0 Å². The summed E-state index contributed by atoms with van der Waals surface area (Å²) in [6.45, 7) is 7.15. The molecule has 1 N–H and O–H groups in total. The van der Waals surface area contributed by atoms with Crippen LogP contribution in [-0.2, 0) is 17.2 Å². The average molecular weight is 321 g/mol. The fourth-order valence-electron chi connectivity index (χ4n) is 2.58. The molecule has 0 radical (unpaired) electrons. The van der Waals surface area contributed by atoms with Gasteiger partial charge in [-0.3, -0.25) is 0 Å². The Morgan fingerprint density at radius 3 is 2.86 bits per heavy atom. The van der Waals surface area contributed by atoms with Crippen molar-refractivity contribution in [2.75, 3.05) is 11.9 Å². The predicted molar refractivity (Wildman–Crippen MR) is 87.2 cm³/mol. The van der Waals surface area contributed by atoms with Gasteiger partial charge in [-0.1, -0.05) is 20.8 Å². The molecule has 6 nitrogen and oxygen atoms in total. The van der Waals surface area contributed by atoms with Gasteiger partial charge in [-0.05, 0) is 12.8 Å². The normalized spacial score (nSPS) is 22.7. The number of nitrogens with one attached hydrogen (secondary N) is 1. The summed E-state index contributed by atoms with van der Waals surface area (Å²) in [5.74, 6) is 1.84. The molecule has 3 heterocycles. The molecule has 0 spiro atoms. The molecule has 0 amide bonds. The molecule has 2 atom stereocenters. The minimum Gasteiger partial charge on any atom is -0.368 e. The number of anilines is 1. The minimum absolute atomic E-state index is 0.0292. The SMILES string of the molecule is Cn1ccnc1[C@H]1OCCC[C@@H]1Nc1nc(C(C)(C)C)ns1. The second-order valence-electron chi connectivity index (χ2n) is 6.75. The highest BCUT2D eigenvalue weighted by Crippen LogP contribution is 2.31. The summed E-state index contributed by atoms with van der Waals surface area (Å²) >= 11 is 1.42. The Labute approximate surface area is 135 Å². The number of hydrogen-bond donors (Lipinski definition) is 1. The number of hydrogen-bond acceptors (Lipinski definition) is 6. The Balaban J connectivity index is 1.77. The van der Waals surface area contributed by atoms with E-state index in [1.165, 1.54) is 11.5 Å². The lowest BCUT2D eigenvalue weighted by molar-refractivity contribution is -0.00127. The average Bonchev–Trinajstić information content (AvgIpc) is 3.08. The number of aryl methyl sites for hydroxylation is 1. The molecule has 0 aliphatic carbocycles. The van der Waals surface area contributed by atoms with Crippen LogP contribution in [0, 0.1) is 0 Å². The van der Waals surface area contributed by atoms with Crippen LogP contribution in [0.3, 0.4) is 0 Å². The van der Waals surface area contributed by atoms with Gasteiger partial charge in [0.1, 0.15) is 17.8 Å². The van der Waals surface area contributed by atoms with Crippen molar-refractivity contribution in [2.24, 2.45) is 7.05 Å². The molecule has 1 saturated heterocycles. The summed E-state index contributed by atoms with van der Waals surface area (Å²) in [6.07, 6.45) is 5.81. The first kappa shape index (κ1) is 15.4. The standard InChI is InChI=1S/C15H23N5OS/c1-15(2,3)13-18-14(22-19-13)17-10-6-5-9-21-11(10)12-16-7-8-20(12)4/h7-8,10-11H,5-6,9H2,1-4H3,(H,17,18,19)/t10-,11-/m0/s1. The Bertz CT molecular complexity index is 630. The van der Waals surface area contributed by atoms with Crippen LogP contribution in [0.15, 0.2) is 12.4 Å². The van der Waals surface area contributed by atoms with Gasteiger partial charge < -0.3 is 14.6 Å². The van der Waals surface area contributed by atoms with Gasteiger partial charge in [-0.15, -0.1) is 0 Å². The van der Waals surface area contributed by atoms with Crippen molar-refractivity contribution in [3.63, 3.8) is 0 Å². The third kappa shape index (κ3) is 3.15. The number of rotatable bonds is 3. The van der Waals surface area contributed by atoms with Crippen molar-refractivity contribution < 1.29 is 4.74 Å². The van der Waals surface area contributed by atoms with E-state index >= 15 is 0 Å². The van der Waals surface area contributed by atoms with E-state index in [1.807, 2.05) is 24.0 Å². The zero-order valence-electron chi connectivity index (χ0n) is 13.5. The van der Waals surface area contributed by atoms with Crippen molar-refractivity contribution >= 4 is 16.7 Å². The summed E-state index contributed by atoms with van der Waals surface area (Å²) in [5, 5.41) is 4.37. The smallest absolute Gasteiger partial charge is 0.202 e. The fraction of sp³-hybridized carbons (Fsp3) is 0.667. The number of imidazole rings is 1. The van der Waals surface area contributed by atoms with Crippen LogP contribution in [0.2, 0.25) is 0 Å². The maximum atomic E-state index is 5.97. The van der Waals surface area contributed by atoms with Gasteiger partial charge in [0, 0.05) is 43.0 Å². The maximum absolute atomic E-state index is 5.97. The lowest BCUT2D eigenvalue weighted by atomic mass is 9.96. The molecule has 0 unspecified atom stereocenters. The van der Waals surface area contributed by atoms with E-state index < -0.39 is 0 Å². The van der Waals surface area contributed by atoms with E-state index in [0.29, 0.717) is 0 Å². The maximum Gasteiger partial charge on any atom is 0.202 e. The van der Waals surface area contributed by atoms with Crippen LogP contribution in [0.25, 0.3) is 0 Å². The Morgan fingerprint density at radius 1 is 1.41 bits per heavy atom. The quantitative estimate of drug-likeness (QED) is 0.941. The van der Waals surface area contributed by atoms with E-state index in [-0.39, 0.29) is 17.6 Å². The summed E-state index contributed by atoms with van der Waals surface area (Å²) in [4.78, 5) is 9.07. The summed E-state index contributed by atoms with van der Waals surface area (Å²) in [6, 6.07) is 0.176. The van der Waals surface area contributed by atoms with E-state index in [0.717, 1.165) is 36.2 Å². The first-order valence-electron chi connectivity index (χ1n) is 7.64. The van der Waals surface area contributed by atoms with E-state index in [4.69, 9.17) is 4.74 Å². The molecule has 120 valence electrons. The molecule has 2 aromatic heterocycles. The van der Waals surface area contributed by atoms with Crippen molar-refractivity contribution in [2.45, 2.75) is 51.2 Å². The van der Waals surface area contributed by atoms with Crippen molar-refractivity contribution in [1.82, 2.24) is 18.9 Å². The van der Waals surface area contributed by atoms with Crippen LogP contribution in [0.1, 0.15) is 51.4 Å². The molecule has 0 saturated carbocycles. The highest BCUT2D eigenvalue weighted by Gasteiger charge is 2.31. The molecule has 3 rings (SSSR count). The first-order chi connectivity index (χ1) is 10.4. The number of ether oxygens (including phenoxy) is 1. The van der Waals surface area contributed by atoms with E-state index in [1.54, 1.807) is 0 Å². The van der Waals surface area contributed by atoms with Gasteiger partial charge in [0.05, 0.1) is 6.04 Å². The van der Waals surface area contributed by atoms with Gasteiger partial charge in [0.2, 0.25) is 5.13 Å². The fourth-order valence-corrected chi connectivity index (χ4v) is 3.40. The number of nitrogens with zero attached hydrogens (tertiary/aromatic N) is 4. The predicted octanol–water partition coefficient (Wildman–Crippen LogP) is 2.90. The molecular weight excluding hydrogens is 298 g/mol. The third-order valence-corrected chi connectivity index (χ3v) is 4.49. The topological polar surface area (TPSA) is 64.9 Å². The van der Waals surface area contributed by atoms with Crippen LogP contribution < -0.4 is 5.32 Å². The summed E-state index contributed by atoms with van der Waals surface area (Å²) in [7, 11) is 2.00. The highest BCUT2D eigenvalue weighted by atomic mass is 32.1. The van der Waals surface area contributed by atoms with Gasteiger partial charge in [-0.25, -0.2) is 9.97 Å². The van der Waals surface area contributed by atoms with Gasteiger partial charge in [0.25, 0.3) is 0 Å². The third-order valence-electron chi connectivity index (χ3n) is 3.84. The zero-order valence-corrected chi connectivity index (χ0v) is 14.4. The summed E-state index contributed by atoms with van der Waals surface area (Å²) in [5.41, 5.74) is -0.0292. The van der Waals surface area contributed by atoms with Gasteiger partial charge in [-0.2, -0.15) is 4.37 Å². The molecule has 7 heteroatoms. The molecule has 1 aliphatic rings. The van der Waals surface area contributed by atoms with Crippen LogP contribution in [-0.4, -0.2) is 31.6 Å². The van der Waals surface area contributed by atoms with E-state index in [9.17, 15) is 0 Å². The lowest BCUT2D eigenvalue weighted by Gasteiger charge is -2.31. The Morgan fingerprint density at radius 2 is 2.23 bits per heavy atom. The van der Waals surface area contributed by atoms with Gasteiger partial charge >= 0.3 is 0 Å². The van der Waals surface area contributed by atoms with Crippen molar-refractivity contribution in [3.8, 4) is 0 Å². The van der Waals surface area contributed by atoms with Crippen LogP contribution >= 0.6 is 11.5 Å². The molecule has 0 aromatic carbocycles. The minimum atomic E-state index is -0.0456. The molecule has 22 heavy (non-hydrogen) atoms. The second kappa shape index (κ2) is 5.96. The molecule has 0 bridgehead atoms. The molecular formula is C15H23N5OS. The Hall–Kier alpha value is -1.47. The zero-order chi connectivity index (χ0) is 15.7. The summed E-state index contributed by atoms with van der Waals surface area (Å²) < 4.78 is 12.5. The monoisotopic (exact) mass is 321 g/mol. The highest BCUT2D eigenvalue weighted by molar-refractivity contribution is 7.09. The lowest BCUT2D eigenvalue weighted by Crippen LogP contribution is -2.35. The van der Waals surface area contributed by atoms with E-state index in [2.05, 4.69) is 40.4 Å². The second-order valence-corrected chi connectivity index (χ2v) is 7.51. The van der Waals surface area contributed by atoms with Crippen molar-refractivity contribution in [1.29, 1.82) is 0 Å².